The van der Waals surface area contributed by atoms with Crippen LogP contribution >= 0.6 is 0 Å². The molecule has 32 heavy (non-hydrogen) atoms. The zero-order valence-electron chi connectivity index (χ0n) is 19.8. The van der Waals surface area contributed by atoms with E-state index in [1.165, 1.54) is 9.21 Å². The van der Waals surface area contributed by atoms with Crippen molar-refractivity contribution in [3.63, 3.8) is 0 Å². The summed E-state index contributed by atoms with van der Waals surface area (Å²) >= 11 is 0. The van der Waals surface area contributed by atoms with Gasteiger partial charge in [-0.05, 0) is 39.0 Å². The fraction of sp³-hybridized carbons (Fsp3) is 0.591. The Balaban J connectivity index is 2.22. The fourth-order valence-electron chi connectivity index (χ4n) is 3.59. The molecule has 0 N–H and O–H groups in total. The summed E-state index contributed by atoms with van der Waals surface area (Å²) in [6.07, 6.45) is 0.549. The zero-order valence-corrected chi connectivity index (χ0v) is 20.6. The maximum absolute atomic E-state index is 12.8. The van der Waals surface area contributed by atoms with Crippen LogP contribution in [0.3, 0.4) is 0 Å². The number of ether oxygens (including phenoxy) is 1. The highest BCUT2D eigenvalue weighted by molar-refractivity contribution is 7.89. The van der Waals surface area contributed by atoms with Crippen LogP contribution in [-0.2, 0) is 37.8 Å². The van der Waals surface area contributed by atoms with E-state index in [1.54, 1.807) is 39.0 Å². The van der Waals surface area contributed by atoms with E-state index in [1.807, 2.05) is 25.5 Å². The van der Waals surface area contributed by atoms with Gasteiger partial charge in [-0.1, -0.05) is 13.8 Å². The Morgan fingerprint density at radius 1 is 1.16 bits per heavy atom. The van der Waals surface area contributed by atoms with E-state index in [4.69, 9.17) is 4.74 Å². The molecule has 1 aromatic carbocycles. The van der Waals surface area contributed by atoms with Gasteiger partial charge in [-0.15, -0.1) is 0 Å². The molecule has 10 heteroatoms. The van der Waals surface area contributed by atoms with Gasteiger partial charge in [0.2, 0.25) is 15.9 Å². The van der Waals surface area contributed by atoms with Gasteiger partial charge in [0.1, 0.15) is 12.4 Å². The Bertz CT molecular complexity index is 1060. The number of aromatic nitrogens is 2. The molecule has 0 unspecified atom stereocenters. The molecule has 1 amide bonds. The van der Waals surface area contributed by atoms with E-state index in [-0.39, 0.29) is 36.4 Å². The monoisotopic (exact) mass is 466 g/mol. The Kier molecular flexibility index (Phi) is 8.80. The molecule has 178 valence electrons. The van der Waals surface area contributed by atoms with Crippen molar-refractivity contribution in [2.75, 3.05) is 26.2 Å². The Morgan fingerprint density at radius 2 is 1.81 bits per heavy atom. The van der Waals surface area contributed by atoms with Crippen molar-refractivity contribution in [1.82, 2.24) is 18.8 Å². The summed E-state index contributed by atoms with van der Waals surface area (Å²) in [5.41, 5.74) is 1.36. The molecule has 2 rings (SSSR count). The minimum absolute atomic E-state index is 0.0839. The van der Waals surface area contributed by atoms with Crippen LogP contribution < -0.4 is 0 Å². The topological polar surface area (TPSA) is 102 Å². The lowest BCUT2D eigenvalue weighted by atomic mass is 10.2. The number of hydrogen-bond acceptors (Lipinski definition) is 6. The number of fused-ring (bicyclic) bond motifs is 1. The Morgan fingerprint density at radius 3 is 2.38 bits per heavy atom. The predicted octanol–water partition coefficient (Wildman–Crippen LogP) is 2.34. The maximum Gasteiger partial charge on any atom is 0.325 e. The number of esters is 1. The molecule has 0 fully saturated rings. The third-order valence-corrected chi connectivity index (χ3v) is 7.44. The molecule has 0 aliphatic rings. The first kappa shape index (κ1) is 25.8. The largest absolute Gasteiger partial charge is 0.465 e. The van der Waals surface area contributed by atoms with Gasteiger partial charge >= 0.3 is 5.97 Å². The smallest absolute Gasteiger partial charge is 0.325 e. The lowest BCUT2D eigenvalue weighted by Crippen LogP contribution is -2.41. The first-order valence-electron chi connectivity index (χ1n) is 11.0. The minimum atomic E-state index is -3.58. The number of rotatable bonds is 11. The van der Waals surface area contributed by atoms with Crippen molar-refractivity contribution in [2.24, 2.45) is 7.05 Å². The van der Waals surface area contributed by atoms with Crippen molar-refractivity contribution in [3.8, 4) is 0 Å². The number of amides is 1. The molecular formula is C22H34N4O5S. The van der Waals surface area contributed by atoms with Gasteiger partial charge in [0.05, 0.1) is 22.5 Å². The predicted molar refractivity (Wildman–Crippen MR) is 123 cm³/mol. The number of aryl methyl sites for hydroxylation is 2. The summed E-state index contributed by atoms with van der Waals surface area (Å²) in [6, 6.07) is 4.77. The number of carbonyl (C=O) groups excluding carboxylic acids is 2. The second kappa shape index (κ2) is 10.9. The fourth-order valence-corrected chi connectivity index (χ4v) is 5.07. The number of nitrogens with zero attached hydrogens (tertiary/aromatic N) is 4. The van der Waals surface area contributed by atoms with E-state index in [0.29, 0.717) is 30.9 Å². The molecule has 0 atom stereocenters. The molecule has 0 radical (unpaired) electrons. The molecule has 1 heterocycles. The lowest BCUT2D eigenvalue weighted by Gasteiger charge is -2.25. The van der Waals surface area contributed by atoms with Crippen LogP contribution in [-0.4, -0.2) is 71.3 Å². The zero-order chi connectivity index (χ0) is 24.1. The van der Waals surface area contributed by atoms with Gasteiger partial charge in [0.15, 0.2) is 0 Å². The highest BCUT2D eigenvalue weighted by Crippen LogP contribution is 2.23. The van der Waals surface area contributed by atoms with Crippen LogP contribution in [0.15, 0.2) is 23.1 Å². The van der Waals surface area contributed by atoms with Crippen molar-refractivity contribution in [3.05, 3.63) is 24.0 Å². The summed E-state index contributed by atoms with van der Waals surface area (Å²) in [5.74, 6) is 0.0784. The molecule has 0 saturated carbocycles. The number of benzene rings is 1. The maximum atomic E-state index is 12.8. The molecule has 0 aliphatic carbocycles. The average Bonchev–Trinajstić information content (AvgIpc) is 3.06. The van der Waals surface area contributed by atoms with Crippen LogP contribution in [0, 0.1) is 0 Å². The molecule has 0 aliphatic heterocycles. The van der Waals surface area contributed by atoms with Crippen molar-refractivity contribution in [2.45, 2.75) is 58.4 Å². The van der Waals surface area contributed by atoms with Crippen LogP contribution in [0.25, 0.3) is 11.0 Å². The summed E-state index contributed by atoms with van der Waals surface area (Å²) in [5, 5.41) is 0. The molecule has 2 aromatic rings. The molecule has 9 nitrogen and oxygen atoms in total. The summed E-state index contributed by atoms with van der Waals surface area (Å²) in [7, 11) is -1.74. The third-order valence-electron chi connectivity index (χ3n) is 5.40. The average molecular weight is 467 g/mol. The lowest BCUT2D eigenvalue weighted by molar-refractivity contribution is -0.150. The first-order valence-corrected chi connectivity index (χ1v) is 12.4. The van der Waals surface area contributed by atoms with E-state index in [9.17, 15) is 18.0 Å². The van der Waals surface area contributed by atoms with Gasteiger partial charge in [-0.3, -0.25) is 9.59 Å². The van der Waals surface area contributed by atoms with E-state index in [2.05, 4.69) is 4.98 Å². The number of sulfonamides is 1. The van der Waals surface area contributed by atoms with Crippen molar-refractivity contribution < 1.29 is 22.7 Å². The molecule has 1 aromatic heterocycles. The number of carbonyl (C=O) groups is 2. The Labute approximate surface area is 190 Å². The van der Waals surface area contributed by atoms with Gasteiger partial charge in [0.25, 0.3) is 0 Å². The highest BCUT2D eigenvalue weighted by atomic mass is 32.2. The van der Waals surface area contributed by atoms with E-state index in [0.717, 1.165) is 5.52 Å². The number of imidazole rings is 1. The van der Waals surface area contributed by atoms with Crippen molar-refractivity contribution >= 4 is 32.9 Å². The van der Waals surface area contributed by atoms with Crippen molar-refractivity contribution in [1.29, 1.82) is 0 Å². The SMILES string of the molecule is CCOC(=O)CN(C(=O)CCc1nc2cc(S(=O)(=O)N(CC)CC)ccc2n1C)C(C)C. The van der Waals surface area contributed by atoms with E-state index >= 15 is 0 Å². The summed E-state index contributed by atoms with van der Waals surface area (Å²) in [4.78, 5) is 30.9. The molecule has 0 bridgehead atoms. The van der Waals surface area contributed by atoms with Crippen LogP contribution in [0.2, 0.25) is 0 Å². The second-order valence-corrected chi connectivity index (χ2v) is 9.69. The van der Waals surface area contributed by atoms with Crippen LogP contribution in [0.5, 0.6) is 0 Å². The minimum Gasteiger partial charge on any atom is -0.465 e. The van der Waals surface area contributed by atoms with Gasteiger partial charge in [-0.2, -0.15) is 4.31 Å². The molecule has 0 saturated heterocycles. The van der Waals surface area contributed by atoms with E-state index < -0.39 is 16.0 Å². The summed E-state index contributed by atoms with van der Waals surface area (Å²) < 4.78 is 33.9. The second-order valence-electron chi connectivity index (χ2n) is 7.75. The highest BCUT2D eigenvalue weighted by Gasteiger charge is 2.24. The number of hydrogen-bond donors (Lipinski definition) is 0. The normalized spacial score (nSPS) is 12.0. The van der Waals surface area contributed by atoms with Gasteiger partial charge < -0.3 is 14.2 Å². The summed E-state index contributed by atoms with van der Waals surface area (Å²) in [6.45, 7) is 10.0. The molecule has 0 spiro atoms. The molecular weight excluding hydrogens is 432 g/mol. The third kappa shape index (κ3) is 5.66. The van der Waals surface area contributed by atoms with Crippen LogP contribution in [0.4, 0.5) is 0 Å². The standard InChI is InChI=1S/C22H34N4O5S/c1-7-25(8-2)32(29,30)17-10-11-19-18(14-17)23-20(24(19)6)12-13-21(27)26(16(4)5)15-22(28)31-9-3/h10-11,14,16H,7-9,12-13,15H2,1-6H3. The van der Waals surface area contributed by atoms with Gasteiger partial charge in [-0.25, -0.2) is 13.4 Å². The Hall–Kier alpha value is -2.46. The quantitative estimate of drug-likeness (QED) is 0.471. The first-order chi connectivity index (χ1) is 15.1. The van der Waals surface area contributed by atoms with Gasteiger partial charge in [0, 0.05) is 39.0 Å². The van der Waals surface area contributed by atoms with Crippen LogP contribution in [0.1, 0.15) is 46.9 Å².